The molecule has 0 saturated carbocycles. The Kier molecular flexibility index (Phi) is 6.93. The largest absolute Gasteiger partial charge is 0.481 e. The number of carbonyl (C=O) groups is 3. The number of amides is 2. The molecule has 8 heteroatoms. The zero-order valence-corrected chi connectivity index (χ0v) is 12.0. The minimum Gasteiger partial charge on any atom is -0.481 e. The molecule has 0 bridgehead atoms. The van der Waals surface area contributed by atoms with Crippen molar-refractivity contribution in [3.8, 4) is 0 Å². The number of rotatable bonds is 7. The summed E-state index contributed by atoms with van der Waals surface area (Å²) in [6, 6.07) is -1.04. The summed E-state index contributed by atoms with van der Waals surface area (Å²) in [4.78, 5) is 34.8. The first-order chi connectivity index (χ1) is 9.91. The molecule has 1 fully saturated rings. The first kappa shape index (κ1) is 17.2. The van der Waals surface area contributed by atoms with Gasteiger partial charge in [0.1, 0.15) is 6.04 Å². The summed E-state index contributed by atoms with van der Waals surface area (Å²) in [5.41, 5.74) is 5.37. The monoisotopic (exact) mass is 301 g/mol. The van der Waals surface area contributed by atoms with E-state index >= 15 is 0 Å². The van der Waals surface area contributed by atoms with Crippen molar-refractivity contribution in [2.75, 3.05) is 19.6 Å². The van der Waals surface area contributed by atoms with Crippen LogP contribution >= 0.6 is 0 Å². The first-order valence-corrected chi connectivity index (χ1v) is 7.15. The number of likely N-dealkylation sites (tertiary alicyclic amines) is 1. The number of nitrogens with one attached hydrogen (secondary N) is 1. The molecule has 0 radical (unpaired) electrons. The van der Waals surface area contributed by atoms with Crippen LogP contribution in [0.1, 0.15) is 32.1 Å². The summed E-state index contributed by atoms with van der Waals surface area (Å²) in [7, 11) is 0. The van der Waals surface area contributed by atoms with Crippen LogP contribution in [0.4, 0.5) is 4.79 Å². The quantitative estimate of drug-likeness (QED) is 0.492. The molecule has 0 aromatic rings. The fourth-order valence-electron chi connectivity index (χ4n) is 2.25. The Morgan fingerprint density at radius 3 is 2.33 bits per heavy atom. The molecule has 0 aromatic heterocycles. The number of aliphatic carboxylic acids is 2. The predicted octanol–water partition coefficient (Wildman–Crippen LogP) is 0.0748. The van der Waals surface area contributed by atoms with Crippen LogP contribution in [0, 0.1) is 5.92 Å². The third kappa shape index (κ3) is 5.99. The molecule has 0 aliphatic carbocycles. The molecule has 1 rings (SSSR count). The Morgan fingerprint density at radius 1 is 1.19 bits per heavy atom. The van der Waals surface area contributed by atoms with Gasteiger partial charge in [-0.3, -0.25) is 9.59 Å². The Bertz CT molecular complexity index is 380. The van der Waals surface area contributed by atoms with Gasteiger partial charge in [0.15, 0.2) is 0 Å². The molecule has 0 spiro atoms. The van der Waals surface area contributed by atoms with Crippen LogP contribution in [-0.4, -0.2) is 58.8 Å². The smallest absolute Gasteiger partial charge is 0.320 e. The van der Waals surface area contributed by atoms with Gasteiger partial charge in [0, 0.05) is 19.6 Å². The highest BCUT2D eigenvalue weighted by Gasteiger charge is 2.26. The lowest BCUT2D eigenvalue weighted by molar-refractivity contribution is -0.143. The summed E-state index contributed by atoms with van der Waals surface area (Å²) in [6.07, 6.45) is 2.65. The highest BCUT2D eigenvalue weighted by Crippen LogP contribution is 2.17. The van der Waals surface area contributed by atoms with Gasteiger partial charge in [0.05, 0.1) is 5.92 Å². The third-order valence-electron chi connectivity index (χ3n) is 3.67. The van der Waals surface area contributed by atoms with Gasteiger partial charge in [-0.25, -0.2) is 4.79 Å². The van der Waals surface area contributed by atoms with Gasteiger partial charge in [0.2, 0.25) is 0 Å². The highest BCUT2D eigenvalue weighted by atomic mass is 16.4. The van der Waals surface area contributed by atoms with E-state index < -0.39 is 18.0 Å². The molecular weight excluding hydrogens is 278 g/mol. The number of carbonyl (C=O) groups excluding carboxylic acids is 1. The second-order valence-electron chi connectivity index (χ2n) is 5.27. The van der Waals surface area contributed by atoms with Gasteiger partial charge in [-0.1, -0.05) is 0 Å². The first-order valence-electron chi connectivity index (χ1n) is 7.15. The molecule has 2 amide bonds. The number of nitrogens with two attached hydrogens (primary N) is 1. The Labute approximate surface area is 123 Å². The number of carboxylic acid groups (broad SMARTS) is 2. The Hall–Kier alpha value is -1.83. The molecule has 5 N–H and O–H groups in total. The number of hydrogen-bond donors (Lipinski definition) is 4. The fraction of sp³-hybridized carbons (Fsp3) is 0.769. The van der Waals surface area contributed by atoms with Crippen molar-refractivity contribution in [2.24, 2.45) is 11.7 Å². The lowest BCUT2D eigenvalue weighted by atomic mass is 9.97. The number of carboxylic acids is 2. The van der Waals surface area contributed by atoms with Crippen molar-refractivity contribution >= 4 is 18.0 Å². The van der Waals surface area contributed by atoms with E-state index in [4.69, 9.17) is 15.9 Å². The molecule has 1 heterocycles. The molecule has 1 atom stereocenters. The van der Waals surface area contributed by atoms with Crippen LogP contribution in [0.25, 0.3) is 0 Å². The van der Waals surface area contributed by atoms with E-state index in [2.05, 4.69) is 5.32 Å². The topological polar surface area (TPSA) is 133 Å². The standard InChI is InChI=1S/C13H23N3O5/c14-10(12(19)20)3-1-2-6-15-13(21)16-7-4-9(5-8-16)11(17)18/h9-10H,1-8,14H2,(H,15,21)(H,17,18)(H,19,20). The second-order valence-corrected chi connectivity index (χ2v) is 5.27. The number of unbranched alkanes of at least 4 members (excludes halogenated alkanes) is 1. The normalized spacial score (nSPS) is 17.3. The predicted molar refractivity (Wildman–Crippen MR) is 74.8 cm³/mol. The van der Waals surface area contributed by atoms with E-state index in [-0.39, 0.29) is 11.9 Å². The Morgan fingerprint density at radius 2 is 1.81 bits per heavy atom. The lowest BCUT2D eigenvalue weighted by Crippen LogP contribution is -2.45. The zero-order chi connectivity index (χ0) is 15.8. The SMILES string of the molecule is NC(CCCCNC(=O)N1CCC(C(=O)O)CC1)C(=O)O. The second kappa shape index (κ2) is 8.46. The maximum atomic E-state index is 11.8. The van der Waals surface area contributed by atoms with E-state index in [1.807, 2.05) is 0 Å². The summed E-state index contributed by atoms with van der Waals surface area (Å²) in [5, 5.41) is 20.2. The summed E-state index contributed by atoms with van der Waals surface area (Å²) >= 11 is 0. The third-order valence-corrected chi connectivity index (χ3v) is 3.67. The van der Waals surface area contributed by atoms with Gasteiger partial charge in [0.25, 0.3) is 0 Å². The van der Waals surface area contributed by atoms with Gasteiger partial charge in [-0.2, -0.15) is 0 Å². The lowest BCUT2D eigenvalue weighted by Gasteiger charge is -2.30. The summed E-state index contributed by atoms with van der Waals surface area (Å²) < 4.78 is 0. The molecule has 21 heavy (non-hydrogen) atoms. The van der Waals surface area contributed by atoms with Crippen LogP contribution in [0.2, 0.25) is 0 Å². The van der Waals surface area contributed by atoms with Crippen molar-refractivity contribution in [1.29, 1.82) is 0 Å². The highest BCUT2D eigenvalue weighted by molar-refractivity contribution is 5.75. The van der Waals surface area contributed by atoms with Crippen LogP contribution < -0.4 is 11.1 Å². The molecule has 1 aliphatic rings. The Balaban J connectivity index is 2.12. The summed E-state index contributed by atoms with van der Waals surface area (Å²) in [5.74, 6) is -2.17. The number of nitrogens with zero attached hydrogens (tertiary/aromatic N) is 1. The maximum absolute atomic E-state index is 11.8. The van der Waals surface area contributed by atoms with Gasteiger partial charge >= 0.3 is 18.0 Å². The fourth-order valence-corrected chi connectivity index (χ4v) is 2.25. The molecule has 8 nitrogen and oxygen atoms in total. The molecule has 0 aromatic carbocycles. The van der Waals surface area contributed by atoms with Crippen LogP contribution in [-0.2, 0) is 9.59 Å². The van der Waals surface area contributed by atoms with Gasteiger partial charge in [-0.05, 0) is 32.1 Å². The van der Waals surface area contributed by atoms with Crippen LogP contribution in [0.15, 0.2) is 0 Å². The van der Waals surface area contributed by atoms with Crippen molar-refractivity contribution in [3.63, 3.8) is 0 Å². The van der Waals surface area contributed by atoms with Crippen molar-refractivity contribution < 1.29 is 24.6 Å². The zero-order valence-electron chi connectivity index (χ0n) is 12.0. The van der Waals surface area contributed by atoms with E-state index in [1.165, 1.54) is 0 Å². The van der Waals surface area contributed by atoms with Gasteiger partial charge in [-0.15, -0.1) is 0 Å². The minimum absolute atomic E-state index is 0.193. The van der Waals surface area contributed by atoms with Crippen molar-refractivity contribution in [1.82, 2.24) is 10.2 Å². The van der Waals surface area contributed by atoms with E-state index in [0.29, 0.717) is 51.7 Å². The molecule has 1 aliphatic heterocycles. The van der Waals surface area contributed by atoms with Gasteiger partial charge < -0.3 is 26.2 Å². The number of hydrogen-bond acceptors (Lipinski definition) is 4. The maximum Gasteiger partial charge on any atom is 0.320 e. The van der Waals surface area contributed by atoms with Crippen molar-refractivity contribution in [3.05, 3.63) is 0 Å². The number of piperidine rings is 1. The molecule has 1 saturated heterocycles. The average Bonchev–Trinajstić information content (AvgIpc) is 2.46. The number of urea groups is 1. The summed E-state index contributed by atoms with van der Waals surface area (Å²) in [6.45, 7) is 1.36. The molecular formula is C13H23N3O5. The van der Waals surface area contributed by atoms with E-state index in [1.54, 1.807) is 4.90 Å². The average molecular weight is 301 g/mol. The van der Waals surface area contributed by atoms with Crippen LogP contribution in [0.5, 0.6) is 0 Å². The van der Waals surface area contributed by atoms with Crippen molar-refractivity contribution in [2.45, 2.75) is 38.1 Å². The van der Waals surface area contributed by atoms with E-state index in [0.717, 1.165) is 0 Å². The van der Waals surface area contributed by atoms with Crippen LogP contribution in [0.3, 0.4) is 0 Å². The molecule has 120 valence electrons. The van der Waals surface area contributed by atoms with E-state index in [9.17, 15) is 14.4 Å². The molecule has 1 unspecified atom stereocenters. The minimum atomic E-state index is -1.01.